The minimum atomic E-state index is -0.289. The van der Waals surface area contributed by atoms with E-state index in [0.29, 0.717) is 13.2 Å². The van der Waals surface area contributed by atoms with Crippen LogP contribution in [0.1, 0.15) is 25.0 Å². The normalized spacial score (nSPS) is 14.9. The third kappa shape index (κ3) is 2.16. The van der Waals surface area contributed by atoms with Gasteiger partial charge in [-0.1, -0.05) is 13.8 Å². The first kappa shape index (κ1) is 12.7. The third-order valence-electron chi connectivity index (χ3n) is 3.14. The third-order valence-corrected chi connectivity index (χ3v) is 4.10. The molecule has 4 heteroatoms. The fourth-order valence-electron chi connectivity index (χ4n) is 2.03. The number of hydrogen-bond donors (Lipinski definition) is 1. The van der Waals surface area contributed by atoms with Crippen molar-refractivity contribution in [3.8, 4) is 11.5 Å². The van der Waals surface area contributed by atoms with Gasteiger partial charge in [-0.25, -0.2) is 0 Å². The SMILES string of the molecule is Cc1c(C(C)(C)CO)cc2c(c1Br)OCCO2. The molecule has 0 radical (unpaired) electrons. The molecule has 0 amide bonds. The summed E-state index contributed by atoms with van der Waals surface area (Å²) < 4.78 is 12.1. The highest BCUT2D eigenvalue weighted by molar-refractivity contribution is 9.10. The minimum absolute atomic E-state index is 0.0971. The predicted octanol–water partition coefficient (Wildman–Crippen LogP) is 2.80. The van der Waals surface area contributed by atoms with Gasteiger partial charge in [-0.3, -0.25) is 0 Å². The van der Waals surface area contributed by atoms with Crippen molar-refractivity contribution >= 4 is 15.9 Å². The molecule has 0 atom stereocenters. The van der Waals surface area contributed by atoms with E-state index in [4.69, 9.17) is 9.47 Å². The van der Waals surface area contributed by atoms with Crippen LogP contribution in [0.2, 0.25) is 0 Å². The van der Waals surface area contributed by atoms with Gasteiger partial charge in [0, 0.05) is 5.41 Å². The van der Waals surface area contributed by atoms with Crippen LogP contribution in [0.15, 0.2) is 10.5 Å². The molecule has 1 aromatic rings. The molecule has 1 aliphatic heterocycles. The summed E-state index contributed by atoms with van der Waals surface area (Å²) in [5, 5.41) is 9.48. The minimum Gasteiger partial charge on any atom is -0.486 e. The molecule has 0 bridgehead atoms. The van der Waals surface area contributed by atoms with Gasteiger partial charge >= 0.3 is 0 Å². The van der Waals surface area contributed by atoms with Crippen LogP contribution in [0.25, 0.3) is 0 Å². The monoisotopic (exact) mass is 300 g/mol. The molecule has 0 saturated carbocycles. The van der Waals surface area contributed by atoms with E-state index in [0.717, 1.165) is 27.1 Å². The average Bonchev–Trinajstić information content (AvgIpc) is 2.33. The van der Waals surface area contributed by atoms with Crippen LogP contribution in [0.5, 0.6) is 11.5 Å². The van der Waals surface area contributed by atoms with Gasteiger partial charge in [-0.05, 0) is 40.0 Å². The van der Waals surface area contributed by atoms with E-state index in [2.05, 4.69) is 15.9 Å². The van der Waals surface area contributed by atoms with E-state index in [1.54, 1.807) is 0 Å². The van der Waals surface area contributed by atoms with Crippen LogP contribution in [-0.2, 0) is 5.41 Å². The molecule has 0 aliphatic carbocycles. The number of rotatable bonds is 2. The lowest BCUT2D eigenvalue weighted by atomic mass is 9.82. The Balaban J connectivity index is 2.59. The summed E-state index contributed by atoms with van der Waals surface area (Å²) in [6, 6.07) is 1.98. The number of aliphatic hydroxyl groups is 1. The van der Waals surface area contributed by atoms with Gasteiger partial charge in [0.05, 0.1) is 11.1 Å². The zero-order valence-corrected chi connectivity index (χ0v) is 11.9. The summed E-state index contributed by atoms with van der Waals surface area (Å²) in [4.78, 5) is 0. The molecule has 1 heterocycles. The number of benzene rings is 1. The Hall–Kier alpha value is -0.740. The Morgan fingerprint density at radius 2 is 2.00 bits per heavy atom. The van der Waals surface area contributed by atoms with Crippen LogP contribution in [-0.4, -0.2) is 24.9 Å². The lowest BCUT2D eigenvalue weighted by molar-refractivity contribution is 0.168. The van der Waals surface area contributed by atoms with E-state index in [-0.39, 0.29) is 12.0 Å². The Labute approximate surface area is 110 Å². The maximum absolute atomic E-state index is 9.48. The van der Waals surface area contributed by atoms with Crippen LogP contribution >= 0.6 is 15.9 Å². The molecular weight excluding hydrogens is 284 g/mol. The van der Waals surface area contributed by atoms with Crippen LogP contribution in [0.3, 0.4) is 0 Å². The Morgan fingerprint density at radius 1 is 1.35 bits per heavy atom. The van der Waals surface area contributed by atoms with E-state index in [9.17, 15) is 5.11 Å². The number of halogens is 1. The van der Waals surface area contributed by atoms with Crippen LogP contribution in [0.4, 0.5) is 0 Å². The quantitative estimate of drug-likeness (QED) is 0.913. The predicted molar refractivity (Wildman–Crippen MR) is 70.0 cm³/mol. The zero-order valence-electron chi connectivity index (χ0n) is 10.3. The molecular formula is C13H17BrO3. The highest BCUT2D eigenvalue weighted by Gasteiger charge is 2.27. The second-order valence-electron chi connectivity index (χ2n) is 4.93. The standard InChI is InChI=1S/C13H17BrO3/c1-8-9(13(2,3)7-15)6-10-12(11(8)14)17-5-4-16-10/h6,15H,4-5,7H2,1-3H3. The average molecular weight is 301 g/mol. The summed E-state index contributed by atoms with van der Waals surface area (Å²) in [5.74, 6) is 1.52. The molecule has 2 rings (SSSR count). The first-order valence-electron chi connectivity index (χ1n) is 5.67. The van der Waals surface area contributed by atoms with Crippen molar-refractivity contribution in [1.82, 2.24) is 0 Å². The van der Waals surface area contributed by atoms with Crippen LogP contribution < -0.4 is 9.47 Å². The summed E-state index contributed by atoms with van der Waals surface area (Å²) in [6.07, 6.45) is 0. The summed E-state index contributed by atoms with van der Waals surface area (Å²) in [6.45, 7) is 7.29. The van der Waals surface area contributed by atoms with Crippen molar-refractivity contribution < 1.29 is 14.6 Å². The van der Waals surface area contributed by atoms with Crippen molar-refractivity contribution in [2.75, 3.05) is 19.8 Å². The summed E-state index contributed by atoms with van der Waals surface area (Å²) in [7, 11) is 0. The van der Waals surface area contributed by atoms with Crippen molar-refractivity contribution in [2.24, 2.45) is 0 Å². The molecule has 0 unspecified atom stereocenters. The highest BCUT2D eigenvalue weighted by Crippen LogP contribution is 2.44. The van der Waals surface area contributed by atoms with E-state index < -0.39 is 0 Å². The number of aliphatic hydroxyl groups excluding tert-OH is 1. The molecule has 0 aromatic heterocycles. The lowest BCUT2D eigenvalue weighted by Gasteiger charge is -2.29. The molecule has 1 N–H and O–H groups in total. The van der Waals surface area contributed by atoms with Gasteiger partial charge in [0.15, 0.2) is 11.5 Å². The maximum atomic E-state index is 9.48. The number of ether oxygens (including phenoxy) is 2. The maximum Gasteiger partial charge on any atom is 0.175 e. The number of hydrogen-bond acceptors (Lipinski definition) is 3. The van der Waals surface area contributed by atoms with Gasteiger partial charge < -0.3 is 14.6 Å². The lowest BCUT2D eigenvalue weighted by Crippen LogP contribution is -2.25. The Bertz CT molecular complexity index is 441. The second-order valence-corrected chi connectivity index (χ2v) is 5.72. The van der Waals surface area contributed by atoms with Crippen molar-refractivity contribution in [2.45, 2.75) is 26.2 Å². The van der Waals surface area contributed by atoms with Gasteiger partial charge in [0.1, 0.15) is 13.2 Å². The molecule has 1 aliphatic rings. The van der Waals surface area contributed by atoms with Crippen molar-refractivity contribution in [3.05, 3.63) is 21.7 Å². The molecule has 17 heavy (non-hydrogen) atoms. The molecule has 1 aromatic carbocycles. The van der Waals surface area contributed by atoms with E-state index in [1.165, 1.54) is 0 Å². The molecule has 3 nitrogen and oxygen atoms in total. The second kappa shape index (κ2) is 4.50. The van der Waals surface area contributed by atoms with Gasteiger partial charge in [-0.15, -0.1) is 0 Å². The molecule has 0 fully saturated rings. The smallest absolute Gasteiger partial charge is 0.175 e. The molecule has 0 saturated heterocycles. The summed E-state index contributed by atoms with van der Waals surface area (Å²) in [5.41, 5.74) is 1.88. The highest BCUT2D eigenvalue weighted by atomic mass is 79.9. The van der Waals surface area contributed by atoms with E-state index >= 15 is 0 Å². The van der Waals surface area contributed by atoms with Gasteiger partial charge in [-0.2, -0.15) is 0 Å². The Morgan fingerprint density at radius 3 is 2.65 bits per heavy atom. The zero-order chi connectivity index (χ0) is 12.6. The first-order valence-corrected chi connectivity index (χ1v) is 6.46. The molecule has 94 valence electrons. The largest absolute Gasteiger partial charge is 0.486 e. The Kier molecular flexibility index (Phi) is 3.36. The summed E-state index contributed by atoms with van der Waals surface area (Å²) >= 11 is 3.55. The fraction of sp³-hybridized carbons (Fsp3) is 0.538. The van der Waals surface area contributed by atoms with E-state index in [1.807, 2.05) is 26.8 Å². The number of fused-ring (bicyclic) bond motifs is 1. The topological polar surface area (TPSA) is 38.7 Å². The van der Waals surface area contributed by atoms with Gasteiger partial charge in [0.25, 0.3) is 0 Å². The molecule has 0 spiro atoms. The van der Waals surface area contributed by atoms with Crippen molar-refractivity contribution in [3.63, 3.8) is 0 Å². The first-order chi connectivity index (χ1) is 7.97. The fourth-order valence-corrected chi connectivity index (χ4v) is 2.55. The van der Waals surface area contributed by atoms with Gasteiger partial charge in [0.2, 0.25) is 0 Å². The van der Waals surface area contributed by atoms with Crippen LogP contribution in [0, 0.1) is 6.92 Å². The van der Waals surface area contributed by atoms with Crippen molar-refractivity contribution in [1.29, 1.82) is 0 Å².